The number of hydrogen-bond donors (Lipinski definition) is 1. The van der Waals surface area contributed by atoms with Crippen molar-refractivity contribution >= 4 is 16.8 Å². The zero-order valence-electron chi connectivity index (χ0n) is 13.5. The highest BCUT2D eigenvalue weighted by atomic mass is 16.3. The van der Waals surface area contributed by atoms with E-state index in [-0.39, 0.29) is 0 Å². The molecule has 0 saturated heterocycles. The molecule has 24 heavy (non-hydrogen) atoms. The van der Waals surface area contributed by atoms with Crippen molar-refractivity contribution in [1.29, 1.82) is 0 Å². The normalized spacial score (nSPS) is 10.9. The van der Waals surface area contributed by atoms with Crippen LogP contribution < -0.4 is 5.32 Å². The van der Waals surface area contributed by atoms with Gasteiger partial charge in [-0.2, -0.15) is 0 Å². The van der Waals surface area contributed by atoms with Gasteiger partial charge in [0.2, 0.25) is 5.89 Å². The fourth-order valence-electron chi connectivity index (χ4n) is 2.75. The molecule has 4 rings (SSSR count). The average Bonchev–Trinajstić information content (AvgIpc) is 3.05. The molecule has 0 unspecified atom stereocenters. The molecule has 0 aliphatic heterocycles. The summed E-state index contributed by atoms with van der Waals surface area (Å²) in [7, 11) is 0. The van der Waals surface area contributed by atoms with E-state index in [0.717, 1.165) is 28.9 Å². The van der Waals surface area contributed by atoms with Crippen LogP contribution in [0.4, 0.5) is 5.69 Å². The summed E-state index contributed by atoms with van der Waals surface area (Å²) in [6, 6.07) is 24.5. The summed E-state index contributed by atoms with van der Waals surface area (Å²) in [5.41, 5.74) is 6.31. The molecule has 0 saturated carbocycles. The van der Waals surface area contributed by atoms with Gasteiger partial charge in [-0.25, -0.2) is 4.98 Å². The van der Waals surface area contributed by atoms with Gasteiger partial charge in [0.05, 0.1) is 0 Å². The molecule has 0 bridgehead atoms. The summed E-state index contributed by atoms with van der Waals surface area (Å²) in [6.45, 7) is 2.92. The van der Waals surface area contributed by atoms with Crippen molar-refractivity contribution in [3.63, 3.8) is 0 Å². The minimum absolute atomic E-state index is 0.654. The molecular formula is C21H18N2O. The van der Waals surface area contributed by atoms with Crippen LogP contribution in [0.3, 0.4) is 0 Å². The van der Waals surface area contributed by atoms with Crippen molar-refractivity contribution in [2.75, 3.05) is 5.32 Å². The Morgan fingerprint density at radius 2 is 1.75 bits per heavy atom. The number of para-hydroxylation sites is 2. The van der Waals surface area contributed by atoms with E-state index in [4.69, 9.17) is 4.42 Å². The molecule has 4 aromatic rings. The van der Waals surface area contributed by atoms with Crippen molar-refractivity contribution in [2.24, 2.45) is 0 Å². The fourth-order valence-corrected chi connectivity index (χ4v) is 2.75. The first-order chi connectivity index (χ1) is 11.8. The molecular weight excluding hydrogens is 296 g/mol. The van der Waals surface area contributed by atoms with E-state index < -0.39 is 0 Å². The van der Waals surface area contributed by atoms with Crippen molar-refractivity contribution < 1.29 is 4.42 Å². The number of nitrogens with zero attached hydrogens (tertiary/aromatic N) is 1. The van der Waals surface area contributed by atoms with Crippen molar-refractivity contribution in [3.8, 4) is 11.5 Å². The van der Waals surface area contributed by atoms with Crippen LogP contribution in [0.25, 0.3) is 22.6 Å². The Morgan fingerprint density at radius 1 is 0.917 bits per heavy atom. The lowest BCUT2D eigenvalue weighted by molar-refractivity contribution is 0.620. The van der Waals surface area contributed by atoms with Crippen LogP contribution in [-0.4, -0.2) is 4.98 Å². The average molecular weight is 314 g/mol. The smallest absolute Gasteiger partial charge is 0.227 e. The second-order valence-corrected chi connectivity index (χ2v) is 5.91. The van der Waals surface area contributed by atoms with Crippen LogP contribution in [-0.2, 0) is 6.54 Å². The molecule has 0 radical (unpaired) electrons. The summed E-state index contributed by atoms with van der Waals surface area (Å²) in [4.78, 5) is 4.53. The quantitative estimate of drug-likeness (QED) is 0.547. The van der Waals surface area contributed by atoms with Crippen LogP contribution in [0, 0.1) is 6.92 Å². The van der Waals surface area contributed by atoms with E-state index in [0.29, 0.717) is 5.89 Å². The molecule has 3 aromatic carbocycles. The van der Waals surface area contributed by atoms with Gasteiger partial charge in [0.1, 0.15) is 5.52 Å². The number of nitrogens with one attached hydrogen (secondary N) is 1. The summed E-state index contributed by atoms with van der Waals surface area (Å²) < 4.78 is 5.80. The summed E-state index contributed by atoms with van der Waals surface area (Å²) >= 11 is 0. The van der Waals surface area contributed by atoms with Crippen LogP contribution >= 0.6 is 0 Å². The first kappa shape index (κ1) is 14.5. The van der Waals surface area contributed by atoms with Gasteiger partial charge < -0.3 is 9.73 Å². The standard InChI is InChI=1S/C21H18N2O/c1-15-5-4-6-16(13-15)14-22-18-11-9-17(10-12-18)21-23-19-7-2-3-8-20(19)24-21/h2-13,22H,14H2,1H3. The minimum Gasteiger partial charge on any atom is -0.436 e. The predicted molar refractivity (Wildman–Crippen MR) is 98.0 cm³/mol. The molecule has 1 aromatic heterocycles. The lowest BCUT2D eigenvalue weighted by Gasteiger charge is -2.07. The third kappa shape index (κ3) is 3.01. The molecule has 0 spiro atoms. The topological polar surface area (TPSA) is 38.1 Å². The summed E-state index contributed by atoms with van der Waals surface area (Å²) in [5.74, 6) is 0.654. The van der Waals surface area contributed by atoms with Gasteiger partial charge in [0.25, 0.3) is 0 Å². The molecule has 3 heteroatoms. The van der Waals surface area contributed by atoms with Crippen molar-refractivity contribution in [3.05, 3.63) is 83.9 Å². The number of anilines is 1. The number of benzene rings is 3. The van der Waals surface area contributed by atoms with E-state index in [1.807, 2.05) is 36.4 Å². The second kappa shape index (κ2) is 6.20. The molecule has 118 valence electrons. The second-order valence-electron chi connectivity index (χ2n) is 5.91. The van der Waals surface area contributed by atoms with Gasteiger partial charge in [0.15, 0.2) is 5.58 Å². The Morgan fingerprint density at radius 3 is 2.54 bits per heavy atom. The van der Waals surface area contributed by atoms with Gasteiger partial charge in [-0.05, 0) is 48.9 Å². The number of rotatable bonds is 4. The van der Waals surface area contributed by atoms with E-state index in [1.165, 1.54) is 11.1 Å². The lowest BCUT2D eigenvalue weighted by atomic mass is 10.1. The zero-order chi connectivity index (χ0) is 16.4. The van der Waals surface area contributed by atoms with Gasteiger partial charge in [-0.1, -0.05) is 42.0 Å². The maximum Gasteiger partial charge on any atom is 0.227 e. The van der Waals surface area contributed by atoms with Crippen LogP contribution in [0.1, 0.15) is 11.1 Å². The number of hydrogen-bond acceptors (Lipinski definition) is 3. The van der Waals surface area contributed by atoms with Crippen LogP contribution in [0.15, 0.2) is 77.2 Å². The molecule has 0 fully saturated rings. The molecule has 0 atom stereocenters. The van der Waals surface area contributed by atoms with E-state index >= 15 is 0 Å². The van der Waals surface area contributed by atoms with Crippen molar-refractivity contribution in [1.82, 2.24) is 4.98 Å². The van der Waals surface area contributed by atoms with Crippen molar-refractivity contribution in [2.45, 2.75) is 13.5 Å². The first-order valence-corrected chi connectivity index (χ1v) is 8.03. The van der Waals surface area contributed by atoms with Gasteiger partial charge in [-0.3, -0.25) is 0 Å². The summed E-state index contributed by atoms with van der Waals surface area (Å²) in [6.07, 6.45) is 0. The Hall–Kier alpha value is -3.07. The maximum atomic E-state index is 5.80. The molecule has 0 aliphatic rings. The highest BCUT2D eigenvalue weighted by Crippen LogP contribution is 2.25. The highest BCUT2D eigenvalue weighted by molar-refractivity contribution is 5.76. The Kier molecular flexibility index (Phi) is 3.75. The third-order valence-corrected chi connectivity index (χ3v) is 4.00. The number of aryl methyl sites for hydroxylation is 1. The minimum atomic E-state index is 0.654. The fraction of sp³-hybridized carbons (Fsp3) is 0.0952. The number of fused-ring (bicyclic) bond motifs is 1. The molecule has 1 N–H and O–H groups in total. The number of oxazole rings is 1. The summed E-state index contributed by atoms with van der Waals surface area (Å²) in [5, 5.41) is 3.44. The lowest BCUT2D eigenvalue weighted by Crippen LogP contribution is -1.99. The monoisotopic (exact) mass is 314 g/mol. The largest absolute Gasteiger partial charge is 0.436 e. The Balaban J connectivity index is 1.50. The SMILES string of the molecule is Cc1cccc(CNc2ccc(-c3nc4ccccc4o3)cc2)c1. The van der Waals surface area contributed by atoms with Crippen LogP contribution in [0.5, 0.6) is 0 Å². The Bertz CT molecular complexity index is 937. The van der Waals surface area contributed by atoms with Gasteiger partial charge >= 0.3 is 0 Å². The first-order valence-electron chi connectivity index (χ1n) is 8.03. The maximum absolute atomic E-state index is 5.80. The number of aromatic nitrogens is 1. The molecule has 1 heterocycles. The molecule has 3 nitrogen and oxygen atoms in total. The van der Waals surface area contributed by atoms with E-state index in [2.05, 4.69) is 53.6 Å². The highest BCUT2D eigenvalue weighted by Gasteiger charge is 2.07. The Labute approximate surface area is 141 Å². The van der Waals surface area contributed by atoms with E-state index in [1.54, 1.807) is 0 Å². The predicted octanol–water partition coefficient (Wildman–Crippen LogP) is 5.42. The van der Waals surface area contributed by atoms with E-state index in [9.17, 15) is 0 Å². The van der Waals surface area contributed by atoms with Gasteiger partial charge in [0, 0.05) is 17.8 Å². The third-order valence-electron chi connectivity index (χ3n) is 4.00. The molecule has 0 aliphatic carbocycles. The van der Waals surface area contributed by atoms with Gasteiger partial charge in [-0.15, -0.1) is 0 Å². The van der Waals surface area contributed by atoms with Crippen LogP contribution in [0.2, 0.25) is 0 Å². The zero-order valence-corrected chi connectivity index (χ0v) is 13.5. The molecule has 0 amide bonds.